The number of ether oxygens (including phenoxy) is 1. The number of rotatable bonds is 6. The number of benzene rings is 3. The van der Waals surface area contributed by atoms with Gasteiger partial charge in [0.15, 0.2) is 6.29 Å². The Morgan fingerprint density at radius 2 is 1.76 bits per heavy atom. The van der Waals surface area contributed by atoms with Crippen LogP contribution in [0.2, 0.25) is 5.02 Å². The Balaban J connectivity index is 1.38. The van der Waals surface area contributed by atoms with E-state index in [4.69, 9.17) is 16.3 Å². The monoisotopic (exact) mass is 477 g/mol. The molecular weight excluding hydrogens is 454 g/mol. The normalized spacial score (nSPS) is 16.1. The molecule has 0 unspecified atom stereocenters. The van der Waals surface area contributed by atoms with Crippen molar-refractivity contribution in [1.29, 1.82) is 0 Å². The number of aldehydes is 1. The number of fused-ring (bicyclic) bond motifs is 1. The van der Waals surface area contributed by atoms with Gasteiger partial charge in [0.05, 0.1) is 10.6 Å². The highest BCUT2D eigenvalue weighted by molar-refractivity contribution is 6.33. The van der Waals surface area contributed by atoms with Crippen LogP contribution in [0.1, 0.15) is 57.5 Å². The average molecular weight is 478 g/mol. The summed E-state index contributed by atoms with van der Waals surface area (Å²) in [4.78, 5) is 25.9. The molecule has 34 heavy (non-hydrogen) atoms. The zero-order valence-electron chi connectivity index (χ0n) is 18.4. The maximum Gasteiger partial charge on any atom is 0.351 e. The Labute approximate surface area is 202 Å². The number of amides is 1. The Hall–Kier alpha value is -3.19. The van der Waals surface area contributed by atoms with E-state index in [0.29, 0.717) is 40.1 Å². The number of carbonyl (C=O) groups is 2. The minimum Gasteiger partial charge on any atom is -0.436 e. The zero-order valence-corrected chi connectivity index (χ0v) is 19.2. The van der Waals surface area contributed by atoms with Gasteiger partial charge in [0, 0.05) is 23.7 Å². The van der Waals surface area contributed by atoms with Crippen LogP contribution in [-0.4, -0.2) is 33.3 Å². The number of nitrogens with zero attached hydrogens (tertiary/aromatic N) is 1. The maximum atomic E-state index is 12.8. The topological polar surface area (TPSA) is 87.1 Å². The molecule has 0 spiro atoms. The van der Waals surface area contributed by atoms with Crippen molar-refractivity contribution in [1.82, 2.24) is 4.90 Å². The first-order valence-corrected chi connectivity index (χ1v) is 11.7. The van der Waals surface area contributed by atoms with Crippen molar-refractivity contribution in [3.05, 3.63) is 87.9 Å². The molecule has 3 aromatic rings. The number of aliphatic hydroxyl groups is 2. The van der Waals surface area contributed by atoms with Crippen molar-refractivity contribution in [2.75, 3.05) is 0 Å². The Kier molecular flexibility index (Phi) is 5.90. The van der Waals surface area contributed by atoms with E-state index in [1.807, 2.05) is 4.90 Å². The molecule has 5 rings (SSSR count). The van der Waals surface area contributed by atoms with Crippen LogP contribution < -0.4 is 4.74 Å². The molecule has 1 aliphatic carbocycles. The third-order valence-electron chi connectivity index (χ3n) is 6.63. The first kappa shape index (κ1) is 22.6. The minimum absolute atomic E-state index is 0.0260. The lowest BCUT2D eigenvalue weighted by Gasteiger charge is -2.24. The van der Waals surface area contributed by atoms with Crippen molar-refractivity contribution >= 4 is 23.8 Å². The van der Waals surface area contributed by atoms with Crippen molar-refractivity contribution in [3.63, 3.8) is 0 Å². The highest BCUT2D eigenvalue weighted by Gasteiger charge is 2.35. The largest absolute Gasteiger partial charge is 0.436 e. The van der Waals surface area contributed by atoms with Gasteiger partial charge in [0.25, 0.3) is 5.91 Å². The first-order valence-electron chi connectivity index (χ1n) is 11.3. The van der Waals surface area contributed by atoms with Gasteiger partial charge < -0.3 is 19.8 Å². The van der Waals surface area contributed by atoms with Crippen molar-refractivity contribution in [2.45, 2.75) is 44.2 Å². The molecule has 2 N–H and O–H groups in total. The fourth-order valence-corrected chi connectivity index (χ4v) is 4.99. The fraction of sp³-hybridized carbons (Fsp3) is 0.259. The number of hydrogen-bond acceptors (Lipinski definition) is 5. The molecule has 174 valence electrons. The summed E-state index contributed by atoms with van der Waals surface area (Å²) >= 11 is 6.02. The molecule has 0 aromatic heterocycles. The van der Waals surface area contributed by atoms with E-state index in [1.165, 1.54) is 0 Å². The van der Waals surface area contributed by atoms with Gasteiger partial charge in [-0.25, -0.2) is 0 Å². The Morgan fingerprint density at radius 1 is 1.00 bits per heavy atom. The van der Waals surface area contributed by atoms with Crippen LogP contribution in [0.5, 0.6) is 5.75 Å². The van der Waals surface area contributed by atoms with E-state index in [0.717, 1.165) is 31.2 Å². The average Bonchev–Trinajstić information content (AvgIpc) is 3.47. The summed E-state index contributed by atoms with van der Waals surface area (Å²) in [5, 5.41) is 21.9. The molecular formula is C27H24ClNO5. The highest BCUT2D eigenvalue weighted by Crippen LogP contribution is 2.35. The predicted octanol–water partition coefficient (Wildman–Crippen LogP) is 4.89. The summed E-state index contributed by atoms with van der Waals surface area (Å²) in [5.41, 5.74) is 3.29. The second-order valence-corrected chi connectivity index (χ2v) is 9.24. The molecule has 1 heterocycles. The van der Waals surface area contributed by atoms with Crippen LogP contribution in [0.25, 0.3) is 11.1 Å². The summed E-state index contributed by atoms with van der Waals surface area (Å²) in [6.45, 7) is 0.505. The van der Waals surface area contributed by atoms with Crippen LogP contribution >= 0.6 is 11.6 Å². The van der Waals surface area contributed by atoms with E-state index >= 15 is 0 Å². The van der Waals surface area contributed by atoms with Crippen LogP contribution in [0.4, 0.5) is 0 Å². The quantitative estimate of drug-likeness (QED) is 0.390. The van der Waals surface area contributed by atoms with E-state index in [2.05, 4.69) is 0 Å². The van der Waals surface area contributed by atoms with Gasteiger partial charge in [-0.1, -0.05) is 42.6 Å². The van der Waals surface area contributed by atoms with Crippen LogP contribution in [0.3, 0.4) is 0 Å². The second kappa shape index (κ2) is 8.87. The fourth-order valence-electron chi connectivity index (χ4n) is 4.83. The lowest BCUT2D eigenvalue weighted by molar-refractivity contribution is -0.304. The molecule has 3 aromatic carbocycles. The van der Waals surface area contributed by atoms with Crippen LogP contribution in [-0.2, 0) is 12.5 Å². The summed E-state index contributed by atoms with van der Waals surface area (Å²) in [7, 11) is 0. The van der Waals surface area contributed by atoms with Gasteiger partial charge in [-0.2, -0.15) is 0 Å². The van der Waals surface area contributed by atoms with E-state index in [-0.39, 0.29) is 23.3 Å². The van der Waals surface area contributed by atoms with Crippen LogP contribution in [0.15, 0.2) is 60.7 Å². The molecule has 7 heteroatoms. The van der Waals surface area contributed by atoms with E-state index in [9.17, 15) is 19.8 Å². The molecule has 6 nitrogen and oxygen atoms in total. The van der Waals surface area contributed by atoms with Crippen LogP contribution in [0, 0.1) is 0 Å². The van der Waals surface area contributed by atoms with E-state index < -0.39 is 5.97 Å². The molecule has 2 aliphatic rings. The zero-order chi connectivity index (χ0) is 23.9. The third-order valence-corrected chi connectivity index (χ3v) is 6.97. The molecule has 1 fully saturated rings. The highest BCUT2D eigenvalue weighted by atomic mass is 35.5. The van der Waals surface area contributed by atoms with Gasteiger partial charge >= 0.3 is 5.97 Å². The Morgan fingerprint density at radius 3 is 2.53 bits per heavy atom. The van der Waals surface area contributed by atoms with E-state index in [1.54, 1.807) is 60.7 Å². The summed E-state index contributed by atoms with van der Waals surface area (Å²) < 4.78 is 5.57. The van der Waals surface area contributed by atoms with Gasteiger partial charge in [-0.3, -0.25) is 9.59 Å². The predicted molar refractivity (Wildman–Crippen MR) is 128 cm³/mol. The second-order valence-electron chi connectivity index (χ2n) is 8.84. The van der Waals surface area contributed by atoms with Crippen molar-refractivity contribution in [2.24, 2.45) is 0 Å². The smallest absolute Gasteiger partial charge is 0.351 e. The summed E-state index contributed by atoms with van der Waals surface area (Å²) in [6.07, 6.45) is 5.01. The third kappa shape index (κ3) is 4.20. The standard InChI is InChI=1S/C27H24ClNO5/c28-25-11-8-18(12-20(25)16-30)17-4-3-5-21(13-17)27(32,33)34-23-9-10-24-19(14-23)15-29(26(24)31)22-6-1-2-7-22/h3-5,8-14,16,22,32-33H,1-2,6-7,15H2. The van der Waals surface area contributed by atoms with Crippen molar-refractivity contribution in [3.8, 4) is 16.9 Å². The van der Waals surface area contributed by atoms with Gasteiger partial charge in [0.1, 0.15) is 5.75 Å². The molecule has 1 aliphatic heterocycles. The number of hydrogen-bond donors (Lipinski definition) is 2. The molecule has 0 bridgehead atoms. The Bertz CT molecular complexity index is 1270. The minimum atomic E-state index is -2.60. The van der Waals surface area contributed by atoms with Gasteiger partial charge in [0.2, 0.25) is 0 Å². The SMILES string of the molecule is O=Cc1cc(-c2cccc(C(O)(O)Oc3ccc4c(c3)CN(C3CCCC3)C4=O)c2)ccc1Cl. The maximum absolute atomic E-state index is 12.8. The summed E-state index contributed by atoms with van der Waals surface area (Å²) in [6, 6.07) is 16.8. The lowest BCUT2D eigenvalue weighted by atomic mass is 10.0. The summed E-state index contributed by atoms with van der Waals surface area (Å²) in [5.74, 6) is -2.32. The van der Waals surface area contributed by atoms with Gasteiger partial charge in [-0.05, 0) is 72.0 Å². The molecule has 0 radical (unpaired) electrons. The number of carbonyl (C=O) groups excluding carboxylic acids is 2. The molecule has 0 atom stereocenters. The first-order chi connectivity index (χ1) is 16.4. The van der Waals surface area contributed by atoms with Crippen molar-refractivity contribution < 1.29 is 24.5 Å². The lowest BCUT2D eigenvalue weighted by Crippen LogP contribution is -2.33. The molecule has 1 saturated carbocycles. The molecule has 1 amide bonds. The number of halogens is 1. The van der Waals surface area contributed by atoms with Gasteiger partial charge in [-0.15, -0.1) is 0 Å². The molecule has 0 saturated heterocycles.